The first-order chi connectivity index (χ1) is 25.0. The maximum absolute atomic E-state index is 12.1. The van der Waals surface area contributed by atoms with Gasteiger partial charge >= 0.3 is 21.1 Å². The number of fused-ring (bicyclic) bond motifs is 2. The number of benzene rings is 2. The zero-order valence-electron chi connectivity index (χ0n) is 29.5. The van der Waals surface area contributed by atoms with E-state index in [0.29, 0.717) is 40.4 Å². The van der Waals surface area contributed by atoms with Crippen LogP contribution in [0.4, 0.5) is 11.6 Å². The van der Waals surface area contributed by atoms with Crippen LogP contribution in [-0.2, 0) is 30.7 Å². The van der Waals surface area contributed by atoms with Crippen LogP contribution < -0.4 is 41.8 Å². The van der Waals surface area contributed by atoms with Crippen LogP contribution in [-0.4, -0.2) is 70.1 Å². The van der Waals surface area contributed by atoms with Crippen LogP contribution in [0, 0.1) is 6.92 Å². The Bertz CT molecular complexity index is 2020. The number of nitrogens with one attached hydrogen (secondary N) is 3. The number of carbonyl (C=O) groups is 3. The number of aryl methyl sites for hydroxylation is 1. The molecule has 0 saturated heterocycles. The molecule has 2 atom stereocenters. The smallest absolute Gasteiger partial charge is 0.543 e. The van der Waals surface area contributed by atoms with Gasteiger partial charge in [-0.3, -0.25) is 4.79 Å². The van der Waals surface area contributed by atoms with Crippen LogP contribution >= 0.6 is 0 Å². The molecule has 3 heterocycles. The Labute approximate surface area is 319 Å². The third-order valence-corrected chi connectivity index (χ3v) is 8.86. The molecule has 3 aromatic heterocycles. The normalized spacial score (nSPS) is 16.7. The maximum Gasteiger partial charge on any atom is 4.00 e. The number of carbonyl (C=O) groups excluding carboxylic acids is 3. The Morgan fingerprint density at radius 3 is 2.19 bits per heavy atom. The molecule has 53 heavy (non-hydrogen) atoms. The summed E-state index contributed by atoms with van der Waals surface area (Å²) in [5.41, 5.74) is 16.5. The molecule has 0 unspecified atom stereocenters. The minimum absolute atomic E-state index is 0. The van der Waals surface area contributed by atoms with Gasteiger partial charge in [-0.15, -0.1) is 0 Å². The predicted molar refractivity (Wildman–Crippen MR) is 189 cm³/mol. The largest absolute Gasteiger partial charge is 4.00 e. The fourth-order valence-corrected chi connectivity index (χ4v) is 6.13. The number of methoxy groups -OCH3 is 1. The van der Waals surface area contributed by atoms with Crippen LogP contribution in [0.2, 0.25) is 0 Å². The molecule has 2 aliphatic carbocycles. The number of oxazole rings is 1. The quantitative estimate of drug-likeness (QED) is 0.147. The molecule has 2 aromatic carbocycles. The van der Waals surface area contributed by atoms with Gasteiger partial charge in [0.1, 0.15) is 23.0 Å². The molecule has 5 aromatic rings. The molecule has 17 heteroatoms. The second-order valence-electron chi connectivity index (χ2n) is 12.5. The van der Waals surface area contributed by atoms with Crippen LogP contribution in [0.25, 0.3) is 33.3 Å². The fraction of sp³-hybridized carbons (Fsp3) is 0.389. The molecule has 2 aliphatic rings. The number of hydrogen-bond donors (Lipinski definition) is 5. The summed E-state index contributed by atoms with van der Waals surface area (Å²) in [5, 5.41) is 24.5. The van der Waals surface area contributed by atoms with Gasteiger partial charge in [0.25, 0.3) is 5.91 Å². The molecule has 282 valence electrons. The molecule has 16 nitrogen and oxygen atoms in total. The van der Waals surface area contributed by atoms with Gasteiger partial charge < -0.3 is 60.8 Å². The Hall–Kier alpha value is -5.05. The Balaban J connectivity index is 0.000000353. The Morgan fingerprint density at radius 1 is 0.925 bits per heavy atom. The molecule has 7 N–H and O–H groups in total. The van der Waals surface area contributed by atoms with Crippen LogP contribution in [0.3, 0.4) is 0 Å². The first-order valence-corrected chi connectivity index (χ1v) is 17.0. The second-order valence-corrected chi connectivity index (χ2v) is 12.5. The monoisotopic (exact) mass is 909 g/mol. The number of nitrogens with zero attached hydrogens (tertiary/aromatic N) is 3. The first-order valence-electron chi connectivity index (χ1n) is 17.0. The number of hydrogen-bond acceptors (Lipinski definition) is 14. The zero-order valence-corrected chi connectivity index (χ0v) is 31.8. The molecular formula is C36H42N8O8Pt+2. The van der Waals surface area contributed by atoms with Gasteiger partial charge in [-0.05, 0) is 74.4 Å². The average molecular weight is 910 g/mol. The van der Waals surface area contributed by atoms with Gasteiger partial charge in [-0.1, -0.05) is 18.9 Å². The van der Waals surface area contributed by atoms with E-state index in [9.17, 15) is 4.79 Å². The zero-order chi connectivity index (χ0) is 37.4. The average Bonchev–Trinajstić information content (AvgIpc) is 3.89. The molecule has 0 aliphatic heterocycles. The number of rotatable bonds is 7. The first kappa shape index (κ1) is 40.7. The summed E-state index contributed by atoms with van der Waals surface area (Å²) < 4.78 is 17.8. The minimum Gasteiger partial charge on any atom is -0.543 e. The van der Waals surface area contributed by atoms with E-state index in [4.69, 9.17) is 55.1 Å². The number of carboxylic acid groups (broad SMARTS) is 2. The van der Waals surface area contributed by atoms with E-state index in [1.165, 1.54) is 12.8 Å². The van der Waals surface area contributed by atoms with E-state index in [0.717, 1.165) is 66.1 Å². The van der Waals surface area contributed by atoms with E-state index in [2.05, 4.69) is 20.6 Å². The SMILES string of the molecule is CNC(=O)c1ccc(Nc2nc(OC3CCCC3)c3c(-c4ccc5nc(C)oc5c4)c[nH]c3n2)c(OC)c1.N[C@@H]1CCCC[C@H]1N.O=C([O-])C(=O)[O-].[Pt+4]. The van der Waals surface area contributed by atoms with Crippen molar-refractivity contribution in [1.82, 2.24) is 25.3 Å². The van der Waals surface area contributed by atoms with Crippen LogP contribution in [0.1, 0.15) is 67.6 Å². The number of amides is 1. The van der Waals surface area contributed by atoms with Crippen molar-refractivity contribution in [2.75, 3.05) is 19.5 Å². The van der Waals surface area contributed by atoms with Crippen LogP contribution in [0.5, 0.6) is 11.6 Å². The summed E-state index contributed by atoms with van der Waals surface area (Å²) in [4.78, 5) is 47.1. The van der Waals surface area contributed by atoms with E-state index in [-0.39, 0.29) is 45.2 Å². The van der Waals surface area contributed by atoms with Crippen molar-refractivity contribution in [1.29, 1.82) is 0 Å². The minimum atomic E-state index is -2.19. The topological polar surface area (TPSA) is 259 Å². The van der Waals surface area contributed by atoms with E-state index < -0.39 is 11.9 Å². The van der Waals surface area contributed by atoms with Crippen molar-refractivity contribution in [2.45, 2.75) is 76.5 Å². The summed E-state index contributed by atoms with van der Waals surface area (Å²) >= 11 is 0. The number of aliphatic carboxylic acids is 2. The van der Waals surface area contributed by atoms with Gasteiger partial charge in [0, 0.05) is 43.4 Å². The molecule has 1 amide bonds. The van der Waals surface area contributed by atoms with E-state index >= 15 is 0 Å². The van der Waals surface area contributed by atoms with E-state index in [1.807, 2.05) is 31.3 Å². The summed E-state index contributed by atoms with van der Waals surface area (Å²) in [6, 6.07) is 11.6. The Morgan fingerprint density at radius 2 is 1.58 bits per heavy atom. The molecule has 2 saturated carbocycles. The van der Waals surface area contributed by atoms with Gasteiger partial charge in [0.05, 0.1) is 30.1 Å². The number of H-pyrrole nitrogens is 1. The standard InChI is InChI=1S/C28H28N6O4.C6H14N2.C2H2O4.Pt/c1-15-31-21-10-8-16(12-23(21)37-15)19-14-30-25-24(19)27(38-18-6-4-5-7-18)34-28(33-25)32-20-11-9-17(26(35)29-2)13-22(20)36-3;7-5-3-1-2-4-6(5)8;3-1(4)2(5)6;/h8-14,18H,4-7H2,1-3H3,(H,29,35)(H2,30,32,33,34);5-6H,1-4,7-8H2;(H,3,4)(H,5,6);/q;;;+4/p-2/t;5-,6-;;/m.1../s1. The molecule has 0 bridgehead atoms. The van der Waals surface area contributed by atoms with Crippen molar-refractivity contribution < 1.29 is 59.6 Å². The van der Waals surface area contributed by atoms with E-state index in [1.54, 1.807) is 32.4 Å². The number of aromatic nitrogens is 4. The predicted octanol–water partition coefficient (Wildman–Crippen LogP) is 2.21. The molecular weight excluding hydrogens is 868 g/mol. The molecule has 0 spiro atoms. The fourth-order valence-electron chi connectivity index (χ4n) is 6.13. The van der Waals surface area contributed by atoms with Crippen molar-refractivity contribution in [2.24, 2.45) is 11.5 Å². The summed E-state index contributed by atoms with van der Waals surface area (Å²) in [5.74, 6) is -2.58. The third kappa shape index (κ3) is 10.3. The molecule has 2 fully saturated rings. The third-order valence-electron chi connectivity index (χ3n) is 8.86. The number of carboxylic acids is 2. The van der Waals surface area contributed by atoms with Gasteiger partial charge in [0.15, 0.2) is 11.5 Å². The maximum atomic E-state index is 12.1. The number of anilines is 2. The summed E-state index contributed by atoms with van der Waals surface area (Å²) in [6.45, 7) is 1.84. The molecule has 0 radical (unpaired) electrons. The van der Waals surface area contributed by atoms with Crippen molar-refractivity contribution in [3.63, 3.8) is 0 Å². The van der Waals surface area contributed by atoms with Gasteiger partial charge in [-0.25, -0.2) is 4.98 Å². The summed E-state index contributed by atoms with van der Waals surface area (Å²) in [6.07, 6.45) is 11.1. The van der Waals surface area contributed by atoms with Gasteiger partial charge in [-0.2, -0.15) is 9.97 Å². The number of ether oxygens (including phenoxy) is 2. The Kier molecular flexibility index (Phi) is 14.3. The van der Waals surface area contributed by atoms with Crippen molar-refractivity contribution >= 4 is 51.6 Å². The second kappa shape index (κ2) is 18.6. The summed E-state index contributed by atoms with van der Waals surface area (Å²) in [7, 11) is 3.14. The molecule has 7 rings (SSSR count). The number of aromatic amines is 1. The van der Waals surface area contributed by atoms with Crippen molar-refractivity contribution in [3.8, 4) is 22.8 Å². The number of nitrogens with two attached hydrogens (primary N) is 2. The van der Waals surface area contributed by atoms with Gasteiger partial charge in [0.2, 0.25) is 11.8 Å². The van der Waals surface area contributed by atoms with Crippen molar-refractivity contribution in [3.05, 3.63) is 54.0 Å². The van der Waals surface area contributed by atoms with Crippen LogP contribution in [0.15, 0.2) is 47.0 Å².